The quantitative estimate of drug-likeness (QED) is 0.608. The van der Waals surface area contributed by atoms with Gasteiger partial charge in [0.2, 0.25) is 0 Å². The van der Waals surface area contributed by atoms with Crippen LogP contribution in [-0.2, 0) is 11.3 Å². The predicted octanol–water partition coefficient (Wildman–Crippen LogP) is 2.36. The summed E-state index contributed by atoms with van der Waals surface area (Å²) < 4.78 is 5.17. The van der Waals surface area contributed by atoms with E-state index in [1.807, 2.05) is 7.05 Å². The van der Waals surface area contributed by atoms with Gasteiger partial charge in [-0.25, -0.2) is 0 Å². The molecular formula is C20H34N4O. The molecule has 25 heavy (non-hydrogen) atoms. The minimum Gasteiger partial charge on any atom is -0.383 e. The Morgan fingerprint density at radius 3 is 2.56 bits per heavy atom. The largest absolute Gasteiger partial charge is 0.383 e. The first-order valence-corrected chi connectivity index (χ1v) is 9.31. The van der Waals surface area contributed by atoms with E-state index in [0.717, 1.165) is 38.1 Å². The molecule has 0 amide bonds. The van der Waals surface area contributed by atoms with E-state index in [1.54, 1.807) is 7.11 Å². The number of guanidine groups is 1. The molecule has 0 aromatic heterocycles. The summed E-state index contributed by atoms with van der Waals surface area (Å²) in [6, 6.07) is 8.71. The van der Waals surface area contributed by atoms with Crippen molar-refractivity contribution in [2.75, 3.05) is 54.0 Å². The summed E-state index contributed by atoms with van der Waals surface area (Å²) in [4.78, 5) is 9.14. The van der Waals surface area contributed by atoms with Crippen LogP contribution in [0.15, 0.2) is 29.3 Å². The molecule has 1 fully saturated rings. The van der Waals surface area contributed by atoms with Crippen LogP contribution in [0.25, 0.3) is 0 Å². The lowest BCUT2D eigenvalue weighted by Gasteiger charge is -2.32. The second-order valence-electron chi connectivity index (χ2n) is 7.05. The van der Waals surface area contributed by atoms with Gasteiger partial charge < -0.3 is 19.9 Å². The van der Waals surface area contributed by atoms with Gasteiger partial charge in [-0.3, -0.25) is 4.99 Å². The molecule has 0 atom stereocenters. The van der Waals surface area contributed by atoms with Crippen molar-refractivity contribution in [2.24, 2.45) is 10.9 Å². The first-order valence-electron chi connectivity index (χ1n) is 9.31. The van der Waals surface area contributed by atoms with Gasteiger partial charge in [0.1, 0.15) is 0 Å². The Bertz CT molecular complexity index is 521. The fourth-order valence-electron chi connectivity index (χ4n) is 3.30. The van der Waals surface area contributed by atoms with Gasteiger partial charge in [0.05, 0.1) is 6.61 Å². The molecule has 1 aromatic rings. The second kappa shape index (κ2) is 10.4. The molecule has 0 radical (unpaired) electrons. The summed E-state index contributed by atoms with van der Waals surface area (Å²) in [5, 5.41) is 3.56. The molecule has 1 saturated heterocycles. The summed E-state index contributed by atoms with van der Waals surface area (Å²) in [5.41, 5.74) is 2.60. The number of rotatable bonds is 7. The van der Waals surface area contributed by atoms with Gasteiger partial charge >= 0.3 is 0 Å². The van der Waals surface area contributed by atoms with Crippen molar-refractivity contribution in [3.05, 3.63) is 35.4 Å². The third-order valence-electron chi connectivity index (χ3n) is 4.98. The van der Waals surface area contributed by atoms with E-state index in [-0.39, 0.29) is 0 Å². The second-order valence-corrected chi connectivity index (χ2v) is 7.05. The van der Waals surface area contributed by atoms with Crippen LogP contribution in [0.3, 0.4) is 0 Å². The number of hydrogen-bond acceptors (Lipinski definition) is 3. The maximum absolute atomic E-state index is 5.17. The summed E-state index contributed by atoms with van der Waals surface area (Å²) in [5.74, 6) is 1.70. The van der Waals surface area contributed by atoms with Crippen LogP contribution < -0.4 is 5.32 Å². The average molecular weight is 347 g/mol. The van der Waals surface area contributed by atoms with Crippen molar-refractivity contribution >= 4 is 5.96 Å². The van der Waals surface area contributed by atoms with Crippen LogP contribution in [0.4, 0.5) is 0 Å². The highest BCUT2D eigenvalue weighted by atomic mass is 16.5. The number of ether oxygens (including phenoxy) is 1. The Balaban J connectivity index is 1.74. The minimum absolute atomic E-state index is 0.725. The van der Waals surface area contributed by atoms with E-state index >= 15 is 0 Å². The van der Waals surface area contributed by atoms with Gasteiger partial charge in [0.25, 0.3) is 0 Å². The molecule has 140 valence electrons. The maximum atomic E-state index is 5.17. The number of aryl methyl sites for hydroxylation is 1. The zero-order valence-electron chi connectivity index (χ0n) is 16.3. The number of aliphatic imine (C=N–C) groups is 1. The van der Waals surface area contributed by atoms with Crippen molar-refractivity contribution in [3.8, 4) is 0 Å². The standard InChI is InChI=1S/C20H34N4O/c1-17-5-7-19(8-6-17)16-23(3)20(21-2)22-15-18-9-11-24(12-10-18)13-14-25-4/h5-8,18H,9-16H2,1-4H3,(H,21,22). The topological polar surface area (TPSA) is 40.1 Å². The number of nitrogens with zero attached hydrogens (tertiary/aromatic N) is 3. The predicted molar refractivity (Wildman–Crippen MR) is 105 cm³/mol. The summed E-state index contributed by atoms with van der Waals surface area (Å²) >= 11 is 0. The van der Waals surface area contributed by atoms with Crippen LogP contribution in [0.2, 0.25) is 0 Å². The van der Waals surface area contributed by atoms with Gasteiger partial charge in [-0.1, -0.05) is 29.8 Å². The van der Waals surface area contributed by atoms with Crippen LogP contribution in [0.1, 0.15) is 24.0 Å². The number of benzene rings is 1. The highest BCUT2D eigenvalue weighted by molar-refractivity contribution is 5.79. The van der Waals surface area contributed by atoms with Crippen molar-refractivity contribution in [1.82, 2.24) is 15.1 Å². The average Bonchev–Trinajstić information content (AvgIpc) is 2.63. The summed E-state index contributed by atoms with van der Waals surface area (Å²) in [7, 11) is 5.74. The Labute approximate surface area is 153 Å². The van der Waals surface area contributed by atoms with Gasteiger partial charge in [-0.05, 0) is 44.3 Å². The normalized spacial score (nSPS) is 16.9. The molecule has 2 rings (SSSR count). The number of methoxy groups -OCH3 is 1. The van der Waals surface area contributed by atoms with E-state index in [9.17, 15) is 0 Å². The number of likely N-dealkylation sites (tertiary alicyclic amines) is 1. The lowest BCUT2D eigenvalue weighted by molar-refractivity contribution is 0.120. The number of nitrogens with one attached hydrogen (secondary N) is 1. The van der Waals surface area contributed by atoms with Gasteiger partial charge in [0, 0.05) is 40.8 Å². The highest BCUT2D eigenvalue weighted by Gasteiger charge is 2.19. The van der Waals surface area contributed by atoms with E-state index < -0.39 is 0 Å². The molecule has 1 heterocycles. The van der Waals surface area contributed by atoms with Crippen LogP contribution in [-0.4, -0.2) is 69.8 Å². The molecule has 0 spiro atoms. The van der Waals surface area contributed by atoms with Crippen molar-refractivity contribution in [3.63, 3.8) is 0 Å². The van der Waals surface area contributed by atoms with Crippen molar-refractivity contribution in [1.29, 1.82) is 0 Å². The van der Waals surface area contributed by atoms with Crippen LogP contribution in [0, 0.1) is 12.8 Å². The third-order valence-corrected chi connectivity index (χ3v) is 4.98. The highest BCUT2D eigenvalue weighted by Crippen LogP contribution is 2.16. The third kappa shape index (κ3) is 6.67. The van der Waals surface area contributed by atoms with Crippen molar-refractivity contribution < 1.29 is 4.74 Å². The molecule has 0 saturated carbocycles. The van der Waals surface area contributed by atoms with E-state index in [4.69, 9.17) is 4.74 Å². The lowest BCUT2D eigenvalue weighted by Crippen LogP contribution is -2.43. The Morgan fingerprint density at radius 2 is 1.96 bits per heavy atom. The molecule has 5 nitrogen and oxygen atoms in total. The van der Waals surface area contributed by atoms with E-state index in [0.29, 0.717) is 0 Å². The zero-order chi connectivity index (χ0) is 18.1. The van der Waals surface area contributed by atoms with Gasteiger partial charge in [-0.2, -0.15) is 0 Å². The fraction of sp³-hybridized carbons (Fsp3) is 0.650. The Hall–Kier alpha value is -1.59. The number of hydrogen-bond donors (Lipinski definition) is 1. The SMILES string of the molecule is CN=C(NCC1CCN(CCOC)CC1)N(C)Cc1ccc(C)cc1. The summed E-state index contributed by atoms with van der Waals surface area (Å²) in [6.45, 7) is 8.23. The van der Waals surface area contributed by atoms with Crippen LogP contribution in [0.5, 0.6) is 0 Å². The van der Waals surface area contributed by atoms with E-state index in [2.05, 4.69) is 58.3 Å². The monoisotopic (exact) mass is 346 g/mol. The first-order chi connectivity index (χ1) is 12.1. The molecule has 0 bridgehead atoms. The Morgan fingerprint density at radius 1 is 1.28 bits per heavy atom. The van der Waals surface area contributed by atoms with Gasteiger partial charge in [0.15, 0.2) is 5.96 Å². The van der Waals surface area contributed by atoms with Crippen LogP contribution >= 0.6 is 0 Å². The summed E-state index contributed by atoms with van der Waals surface area (Å²) in [6.07, 6.45) is 2.49. The Kier molecular flexibility index (Phi) is 8.22. The molecular weight excluding hydrogens is 312 g/mol. The molecule has 1 aromatic carbocycles. The molecule has 1 N–H and O–H groups in total. The fourth-order valence-corrected chi connectivity index (χ4v) is 3.30. The molecule has 0 unspecified atom stereocenters. The van der Waals surface area contributed by atoms with Gasteiger partial charge in [-0.15, -0.1) is 0 Å². The smallest absolute Gasteiger partial charge is 0.193 e. The molecule has 5 heteroatoms. The van der Waals surface area contributed by atoms with Crippen molar-refractivity contribution in [2.45, 2.75) is 26.3 Å². The zero-order valence-corrected chi connectivity index (χ0v) is 16.3. The molecule has 0 aliphatic carbocycles. The minimum atomic E-state index is 0.725. The lowest BCUT2D eigenvalue weighted by atomic mass is 9.97. The molecule has 1 aliphatic heterocycles. The first kappa shape index (κ1) is 19.7. The van der Waals surface area contributed by atoms with E-state index in [1.165, 1.54) is 37.1 Å². The molecule has 1 aliphatic rings. The number of piperidine rings is 1. The maximum Gasteiger partial charge on any atom is 0.193 e.